The van der Waals surface area contributed by atoms with Crippen molar-refractivity contribution in [2.75, 3.05) is 59.9 Å². The molecule has 6 rings (SSSR count). The first-order chi connectivity index (χ1) is 35.5. The van der Waals surface area contributed by atoms with Gasteiger partial charge >= 0.3 is 45.8 Å². The molecule has 6 fully saturated rings. The number of rotatable bonds is 29. The van der Waals surface area contributed by atoms with Crippen molar-refractivity contribution in [3.05, 3.63) is 0 Å². The van der Waals surface area contributed by atoms with Gasteiger partial charge in [0.25, 0.3) is 0 Å². The summed E-state index contributed by atoms with van der Waals surface area (Å²) in [5, 5.41) is 0. The Balaban J connectivity index is 0.946. The summed E-state index contributed by atoms with van der Waals surface area (Å²) in [5.74, 6) is 0. The predicted octanol–water partition coefficient (Wildman–Crippen LogP) is 5.08. The Bertz CT molecular complexity index is 2250. The minimum atomic E-state index is -5.10. The summed E-state index contributed by atoms with van der Waals surface area (Å²) in [6, 6.07) is 0. The molecule has 36 heteroatoms. The molecule has 29 nitrogen and oxygen atoms in total. The van der Waals surface area contributed by atoms with Gasteiger partial charge in [-0.25, -0.2) is 22.8 Å². The molecular formula is C38H72O29P6S. The van der Waals surface area contributed by atoms with Crippen LogP contribution in [0.25, 0.3) is 0 Å². The van der Waals surface area contributed by atoms with E-state index in [4.69, 9.17) is 94.1 Å². The second-order valence-corrected chi connectivity index (χ2v) is 29.4. The zero-order valence-corrected chi connectivity index (χ0v) is 47.7. The summed E-state index contributed by atoms with van der Waals surface area (Å²) in [6.07, 6.45) is -15.2. The average molecular weight is 1220 g/mol. The SMILES string of the molecule is [3H][C@H]1CC(OP(=O)(O)OC[C@H]2O[C@@H](C)CC2OP(=O)(O)OC[C@H]2O[C@@H](C)CC2OP(=O)(O)OC[C@H]2O[C@@H](C)CC2OP(=O)(O)OC)[C@@H](COP(=O)(O)OC2C[C@H]([3H])O[C@@H]2COP(O)(=S)OC2C[C@H]([3H])O[C@@H]2CC(C)(C)C)O1. The van der Waals surface area contributed by atoms with Gasteiger partial charge in [0.2, 0.25) is 0 Å². The smallest absolute Gasteiger partial charge is 0.375 e. The summed E-state index contributed by atoms with van der Waals surface area (Å²) >= 11 is 5.20. The monoisotopic (exact) mass is 1220 g/mol. The van der Waals surface area contributed by atoms with Crippen molar-refractivity contribution in [1.29, 1.82) is 0 Å². The molecule has 0 radical (unpaired) electrons. The number of ether oxygens (including phenoxy) is 6. The van der Waals surface area contributed by atoms with Crippen LogP contribution < -0.4 is 0 Å². The van der Waals surface area contributed by atoms with Crippen LogP contribution in [0.2, 0.25) is 0 Å². The van der Waals surface area contributed by atoms with Crippen LogP contribution in [0.4, 0.5) is 0 Å². The topological polar surface area (TPSA) is 373 Å². The fourth-order valence-corrected chi connectivity index (χ4v) is 14.5. The Morgan fingerprint density at radius 3 is 1.12 bits per heavy atom. The molecule has 434 valence electrons. The van der Waals surface area contributed by atoms with Crippen LogP contribution in [-0.4, -0.2) is 181 Å². The third-order valence-corrected chi connectivity index (χ3v) is 18.5. The van der Waals surface area contributed by atoms with Gasteiger partial charge in [0, 0.05) is 65.4 Å². The van der Waals surface area contributed by atoms with Gasteiger partial charge < -0.3 is 66.8 Å². The molecule has 6 heterocycles. The first-order valence-corrected chi connectivity index (χ1v) is 33.6. The lowest BCUT2D eigenvalue weighted by molar-refractivity contribution is -0.0431. The first kappa shape index (κ1) is 59.5. The molecule has 6 saturated heterocycles. The highest BCUT2D eigenvalue weighted by Crippen LogP contribution is 2.54. The van der Waals surface area contributed by atoms with Gasteiger partial charge in [0.05, 0.1) is 67.7 Å². The van der Waals surface area contributed by atoms with Gasteiger partial charge in [-0.3, -0.25) is 45.2 Å². The minimum Gasteiger partial charge on any atom is -0.375 e. The van der Waals surface area contributed by atoms with E-state index in [9.17, 15) is 52.2 Å². The van der Waals surface area contributed by atoms with Crippen LogP contribution in [0.3, 0.4) is 0 Å². The Morgan fingerprint density at radius 2 is 0.770 bits per heavy atom. The standard InChI is InChI=1S/C38H72O29P6S/c1-23-14-29(64-68(39,40)50-7)35(59-23)20-56-71(45,46)66-31-16-25(3)61-37(31)22-57-72(47,48)65-30-15-24(2)60-36(30)21-55-70(43,44)62-27-9-12-52-33(27)18-54-69(41,42)63-28-10-13-53-34(28)19-58-73(49,74)67-26-8-11-51-32(26)17-38(4,5)6/h23-37H,8-22H2,1-7H3,(H,39,40)(H,41,42)(H,43,44)(H,45,46)(H,47,48)(H,49,74)/t23-,24-,25-,26?,27?,28?,29?,30?,31?,32+,33+,34+,35+,36+,37+,73?/m0/s1/i11T,12T,13T/t11-,12-,13-,23-,24-,25-,26?,27?,28?,29?,30?,31?,32+,33+,34+,35+,36+,37+,73?. The molecule has 6 aliphatic rings. The molecule has 0 aromatic carbocycles. The lowest BCUT2D eigenvalue weighted by Crippen LogP contribution is -2.32. The second kappa shape index (κ2) is 26.8. The van der Waals surface area contributed by atoms with E-state index in [1.807, 2.05) is 20.8 Å². The fraction of sp³-hybridized carbons (Fsp3) is 1.00. The zero-order chi connectivity index (χ0) is 57.1. The van der Waals surface area contributed by atoms with Crippen molar-refractivity contribution < 1.29 is 139 Å². The molecule has 74 heavy (non-hydrogen) atoms. The van der Waals surface area contributed by atoms with Crippen LogP contribution in [0, 0.1) is 5.41 Å². The molecule has 0 bridgehead atoms. The molecule has 12 unspecified atom stereocenters. The molecule has 6 N–H and O–H groups in total. The number of phosphoric ester groups is 5. The van der Waals surface area contributed by atoms with Gasteiger partial charge in [0.15, 0.2) is 0 Å². The molecule has 0 aromatic rings. The van der Waals surface area contributed by atoms with Crippen LogP contribution in [0.1, 0.15) is 90.6 Å². The molecule has 0 aliphatic carbocycles. The molecule has 0 aromatic heterocycles. The molecule has 6 aliphatic heterocycles. The number of hydrogen-bond acceptors (Lipinski definition) is 24. The quantitative estimate of drug-likeness (QED) is 0.0532. The van der Waals surface area contributed by atoms with Crippen LogP contribution in [0.5, 0.6) is 0 Å². The lowest BCUT2D eigenvalue weighted by atomic mass is 9.88. The highest BCUT2D eigenvalue weighted by atomic mass is 32.5. The zero-order valence-electron chi connectivity index (χ0n) is 44.5. The van der Waals surface area contributed by atoms with Gasteiger partial charge in [-0.15, -0.1) is 0 Å². The van der Waals surface area contributed by atoms with E-state index in [-0.39, 0.29) is 43.9 Å². The van der Waals surface area contributed by atoms with Crippen molar-refractivity contribution in [2.45, 2.75) is 178 Å². The average Bonchev–Trinajstić information content (AvgIpc) is 4.13. The molecule has 0 spiro atoms. The van der Waals surface area contributed by atoms with E-state index in [1.165, 1.54) is 0 Å². The Hall–Kier alpha value is 0.840. The van der Waals surface area contributed by atoms with Crippen molar-refractivity contribution in [1.82, 2.24) is 0 Å². The van der Waals surface area contributed by atoms with Crippen molar-refractivity contribution in [2.24, 2.45) is 5.41 Å². The van der Waals surface area contributed by atoms with Gasteiger partial charge in [-0.2, -0.15) is 0 Å². The first-order valence-electron chi connectivity index (χ1n) is 25.2. The van der Waals surface area contributed by atoms with Crippen molar-refractivity contribution in [3.8, 4) is 0 Å². The number of hydrogen-bond donors (Lipinski definition) is 6. The van der Waals surface area contributed by atoms with Crippen LogP contribution >= 0.6 is 45.8 Å². The Labute approximate surface area is 438 Å². The van der Waals surface area contributed by atoms with Crippen molar-refractivity contribution >= 4 is 57.6 Å². The highest BCUT2D eigenvalue weighted by Gasteiger charge is 2.47. The van der Waals surface area contributed by atoms with E-state index >= 15 is 0 Å². The summed E-state index contributed by atoms with van der Waals surface area (Å²) < 4.78 is 185. The van der Waals surface area contributed by atoms with Crippen LogP contribution in [0.15, 0.2) is 0 Å². The molecular weight excluding hydrogens is 1140 g/mol. The summed E-state index contributed by atoms with van der Waals surface area (Å²) in [5.41, 5.74) is -0.197. The van der Waals surface area contributed by atoms with Gasteiger partial charge in [-0.1, -0.05) is 20.8 Å². The van der Waals surface area contributed by atoms with E-state index in [0.29, 0.717) is 6.42 Å². The van der Waals surface area contributed by atoms with E-state index in [1.54, 1.807) is 20.8 Å². The van der Waals surface area contributed by atoms with Crippen LogP contribution in [-0.2, 0) is 117 Å². The largest absolute Gasteiger partial charge is 0.472 e. The van der Waals surface area contributed by atoms with Crippen molar-refractivity contribution in [3.63, 3.8) is 0 Å². The van der Waals surface area contributed by atoms with E-state index < -0.39 is 190 Å². The molecule has 24 atom stereocenters. The maximum atomic E-state index is 13.3. The summed E-state index contributed by atoms with van der Waals surface area (Å²) in [7, 11) is -23.5. The Kier molecular flexibility index (Phi) is 21.6. The van der Waals surface area contributed by atoms with Gasteiger partial charge in [0.1, 0.15) is 61.0 Å². The fourth-order valence-electron chi connectivity index (χ4n) is 8.54. The third-order valence-electron chi connectivity index (χ3n) is 11.9. The normalized spacial score (nSPS) is 42.4. The van der Waals surface area contributed by atoms with Gasteiger partial charge in [-0.05, 0) is 44.4 Å². The highest BCUT2D eigenvalue weighted by molar-refractivity contribution is 8.07. The third kappa shape index (κ3) is 20.7. The maximum Gasteiger partial charge on any atom is 0.472 e. The molecule has 0 amide bonds. The summed E-state index contributed by atoms with van der Waals surface area (Å²) in [6.45, 7) is -0.128. The van der Waals surface area contributed by atoms with E-state index in [0.717, 1.165) is 7.11 Å². The Morgan fingerprint density at radius 1 is 0.473 bits per heavy atom. The lowest BCUT2D eigenvalue weighted by Gasteiger charge is -2.29. The van der Waals surface area contributed by atoms with E-state index in [2.05, 4.69) is 4.52 Å². The predicted molar refractivity (Wildman–Crippen MR) is 256 cm³/mol. The minimum absolute atomic E-state index is 0.0214. The number of phosphoric acid groups is 5. The molecule has 0 saturated carbocycles. The maximum absolute atomic E-state index is 13.3. The summed E-state index contributed by atoms with van der Waals surface area (Å²) in [4.78, 5) is 63.4. The second-order valence-electron chi connectivity index (χ2n) is 19.5.